The second kappa shape index (κ2) is 11.3. The fourth-order valence-corrected chi connectivity index (χ4v) is 2.72. The number of ether oxygens (including phenoxy) is 3. The first-order valence-electron chi connectivity index (χ1n) is 9.40. The highest BCUT2D eigenvalue weighted by Crippen LogP contribution is 2.28. The predicted octanol–water partition coefficient (Wildman–Crippen LogP) is -4.29. The lowest BCUT2D eigenvalue weighted by molar-refractivity contribution is -0.153. The Balaban J connectivity index is 1.87. The molecule has 14 nitrogen and oxygen atoms in total. The second-order valence-corrected chi connectivity index (χ2v) is 6.96. The van der Waals surface area contributed by atoms with E-state index in [1.54, 1.807) is 4.98 Å². The molecule has 3 unspecified atom stereocenters. The van der Waals surface area contributed by atoms with E-state index in [-0.39, 0.29) is 6.61 Å². The molecule has 0 aliphatic carbocycles. The number of aromatic nitrogens is 2. The highest BCUT2D eigenvalue weighted by atomic mass is 19.1. The minimum absolute atomic E-state index is 0.286. The summed E-state index contributed by atoms with van der Waals surface area (Å²) < 4.78 is 29.1. The van der Waals surface area contributed by atoms with Gasteiger partial charge in [0.05, 0.1) is 19.4 Å². The fraction of sp³-hybridized carbons (Fsp3) is 0.647. The molecule has 0 bridgehead atoms. The third-order valence-corrected chi connectivity index (χ3v) is 4.41. The van der Waals surface area contributed by atoms with Gasteiger partial charge in [-0.2, -0.15) is 4.39 Å². The van der Waals surface area contributed by atoms with Crippen LogP contribution in [0.5, 0.6) is 0 Å². The van der Waals surface area contributed by atoms with Crippen LogP contribution in [0.15, 0.2) is 15.8 Å². The Morgan fingerprint density at radius 1 is 1.34 bits per heavy atom. The van der Waals surface area contributed by atoms with Crippen molar-refractivity contribution >= 4 is 11.9 Å². The number of aliphatic hydroxyl groups excluding tert-OH is 4. The van der Waals surface area contributed by atoms with Crippen LogP contribution >= 0.6 is 0 Å². The lowest BCUT2D eigenvalue weighted by Gasteiger charge is -2.18. The Morgan fingerprint density at radius 2 is 2.03 bits per heavy atom. The number of hydrogen-bond donors (Lipinski definition) is 6. The van der Waals surface area contributed by atoms with Crippen molar-refractivity contribution in [2.45, 2.75) is 43.6 Å². The number of rotatable bonds is 10. The molecular formula is C17H24FN3O11. The van der Waals surface area contributed by atoms with Crippen LogP contribution in [0.4, 0.5) is 4.39 Å². The molecule has 6 atom stereocenters. The molecule has 0 aromatic carbocycles. The number of nitrogens with zero attached hydrogens (tertiary/aromatic N) is 1. The molecule has 180 valence electrons. The molecule has 1 amide bonds. The van der Waals surface area contributed by atoms with Crippen molar-refractivity contribution in [1.82, 2.24) is 14.9 Å². The molecule has 1 aliphatic rings. The molecule has 2 heterocycles. The number of hydrogen-bond acceptors (Lipinski definition) is 11. The zero-order valence-corrected chi connectivity index (χ0v) is 16.8. The topological polar surface area (TPSA) is 210 Å². The van der Waals surface area contributed by atoms with E-state index in [0.29, 0.717) is 10.8 Å². The van der Waals surface area contributed by atoms with Crippen molar-refractivity contribution in [1.29, 1.82) is 0 Å². The Bertz CT molecular complexity index is 920. The third kappa shape index (κ3) is 6.41. The molecule has 0 radical (unpaired) electrons. The van der Waals surface area contributed by atoms with E-state index >= 15 is 0 Å². The number of esters is 1. The van der Waals surface area contributed by atoms with Gasteiger partial charge >= 0.3 is 11.7 Å². The van der Waals surface area contributed by atoms with Gasteiger partial charge in [0.15, 0.2) is 6.23 Å². The van der Waals surface area contributed by atoms with E-state index in [4.69, 9.17) is 24.4 Å². The van der Waals surface area contributed by atoms with Gasteiger partial charge in [-0.1, -0.05) is 0 Å². The predicted molar refractivity (Wildman–Crippen MR) is 99.7 cm³/mol. The van der Waals surface area contributed by atoms with Crippen molar-refractivity contribution in [3.63, 3.8) is 0 Å². The van der Waals surface area contributed by atoms with Gasteiger partial charge in [-0.05, 0) is 6.92 Å². The highest BCUT2D eigenvalue weighted by molar-refractivity contribution is 5.84. The summed E-state index contributed by atoms with van der Waals surface area (Å²) in [4.78, 5) is 48.4. The molecule has 0 saturated carbocycles. The second-order valence-electron chi connectivity index (χ2n) is 6.96. The molecule has 1 saturated heterocycles. The standard InChI is InChI=1S/C17H24FN3O11/c1-7(19-11(24)6-30-4-8(23)3-22)16(28)31-5-10-12(25)13(26)15(32-10)21-2-9(18)14(27)20-17(21)29/h2,7-8,10,12-13,15,22-23,25-26H,3-6H2,1H3,(H,19,24)(H,20,27,29)/t7-,8?,10-,12?,13?,15-/m0/s1. The molecule has 1 aliphatic heterocycles. The maximum atomic E-state index is 13.5. The summed E-state index contributed by atoms with van der Waals surface area (Å²) in [6.45, 7) is -0.591. The van der Waals surface area contributed by atoms with Gasteiger partial charge < -0.3 is 40.0 Å². The first-order valence-corrected chi connectivity index (χ1v) is 9.40. The quantitative estimate of drug-likeness (QED) is 0.182. The maximum Gasteiger partial charge on any atom is 0.330 e. The molecule has 32 heavy (non-hydrogen) atoms. The summed E-state index contributed by atoms with van der Waals surface area (Å²) in [5.41, 5.74) is -2.36. The summed E-state index contributed by atoms with van der Waals surface area (Å²) in [6, 6.07) is -1.14. The minimum atomic E-state index is -1.70. The van der Waals surface area contributed by atoms with Gasteiger partial charge in [-0.3, -0.25) is 19.1 Å². The Hall–Kier alpha value is -2.69. The summed E-state index contributed by atoms with van der Waals surface area (Å²) in [7, 11) is 0. The lowest BCUT2D eigenvalue weighted by atomic mass is 10.1. The minimum Gasteiger partial charge on any atom is -0.461 e. The van der Waals surface area contributed by atoms with Gasteiger partial charge in [-0.25, -0.2) is 9.59 Å². The number of halogens is 1. The Morgan fingerprint density at radius 3 is 2.69 bits per heavy atom. The average Bonchev–Trinajstić information content (AvgIpc) is 3.02. The number of H-pyrrole nitrogens is 1. The van der Waals surface area contributed by atoms with Gasteiger partial charge in [-0.15, -0.1) is 0 Å². The number of amides is 1. The summed E-state index contributed by atoms with van der Waals surface area (Å²) in [6.07, 6.45) is -6.82. The zero-order valence-electron chi connectivity index (χ0n) is 16.8. The molecule has 0 spiro atoms. The Kier molecular flexibility index (Phi) is 8.99. The number of carbonyl (C=O) groups is 2. The lowest BCUT2D eigenvalue weighted by Crippen LogP contribution is -2.43. The number of aromatic amines is 1. The number of carbonyl (C=O) groups excluding carboxylic acids is 2. The molecular weight excluding hydrogens is 441 g/mol. The van der Waals surface area contributed by atoms with Crippen LogP contribution in [-0.2, 0) is 23.8 Å². The third-order valence-electron chi connectivity index (χ3n) is 4.41. The Labute approximate surface area is 179 Å². The average molecular weight is 465 g/mol. The van der Waals surface area contributed by atoms with Crippen molar-refractivity contribution in [2.24, 2.45) is 0 Å². The maximum absolute atomic E-state index is 13.5. The van der Waals surface area contributed by atoms with Crippen molar-refractivity contribution in [2.75, 3.05) is 26.4 Å². The summed E-state index contributed by atoms with van der Waals surface area (Å²) >= 11 is 0. The van der Waals surface area contributed by atoms with Gasteiger partial charge in [0.1, 0.15) is 43.7 Å². The largest absolute Gasteiger partial charge is 0.461 e. The van der Waals surface area contributed by atoms with E-state index in [9.17, 15) is 33.8 Å². The SMILES string of the molecule is C[C@H](NC(=O)COCC(O)CO)C(=O)OC[C@@H]1O[C@H](n2cc(F)c(=O)[nH]c2=O)C(O)C1O. The van der Waals surface area contributed by atoms with E-state index in [1.165, 1.54) is 6.92 Å². The molecule has 2 rings (SSSR count). The van der Waals surface area contributed by atoms with Crippen LogP contribution < -0.4 is 16.6 Å². The van der Waals surface area contributed by atoms with E-state index < -0.39 is 85.4 Å². The van der Waals surface area contributed by atoms with Gasteiger partial charge in [0.25, 0.3) is 5.56 Å². The van der Waals surface area contributed by atoms with Crippen molar-refractivity contribution < 1.29 is 48.6 Å². The van der Waals surface area contributed by atoms with Crippen molar-refractivity contribution in [3.8, 4) is 0 Å². The monoisotopic (exact) mass is 465 g/mol. The normalized spacial score (nSPS) is 24.7. The zero-order chi connectivity index (χ0) is 24.0. The summed E-state index contributed by atoms with van der Waals surface area (Å²) in [5, 5.41) is 40.2. The van der Waals surface area contributed by atoms with Crippen LogP contribution in [0.3, 0.4) is 0 Å². The van der Waals surface area contributed by atoms with E-state index in [0.717, 1.165) is 0 Å². The molecule has 1 fully saturated rings. The van der Waals surface area contributed by atoms with Crippen LogP contribution in [0.25, 0.3) is 0 Å². The molecule has 1 aromatic heterocycles. The number of aliphatic hydroxyl groups is 4. The van der Waals surface area contributed by atoms with E-state index in [2.05, 4.69) is 5.32 Å². The van der Waals surface area contributed by atoms with Crippen molar-refractivity contribution in [3.05, 3.63) is 32.9 Å². The first-order chi connectivity index (χ1) is 15.0. The fourth-order valence-electron chi connectivity index (χ4n) is 2.72. The van der Waals surface area contributed by atoms with Crippen LogP contribution in [0.1, 0.15) is 13.2 Å². The van der Waals surface area contributed by atoms with Crippen LogP contribution in [0.2, 0.25) is 0 Å². The van der Waals surface area contributed by atoms with Crippen LogP contribution in [0, 0.1) is 5.82 Å². The van der Waals surface area contributed by atoms with Gasteiger partial charge in [0.2, 0.25) is 11.7 Å². The first kappa shape index (κ1) is 25.6. The molecule has 1 aromatic rings. The van der Waals surface area contributed by atoms with Gasteiger partial charge in [0, 0.05) is 0 Å². The summed E-state index contributed by atoms with van der Waals surface area (Å²) in [5.74, 6) is -2.94. The molecule has 6 N–H and O–H groups in total. The molecule has 15 heteroatoms. The number of nitrogens with one attached hydrogen (secondary N) is 2. The highest BCUT2D eigenvalue weighted by Gasteiger charge is 2.45. The van der Waals surface area contributed by atoms with E-state index in [1.807, 2.05) is 0 Å². The smallest absolute Gasteiger partial charge is 0.330 e. The van der Waals surface area contributed by atoms with Crippen LogP contribution in [-0.4, -0.2) is 98.7 Å².